The summed E-state index contributed by atoms with van der Waals surface area (Å²) in [4.78, 5) is 11.4. The minimum absolute atomic E-state index is 0.0406. The molecule has 17 heavy (non-hydrogen) atoms. The molecule has 0 radical (unpaired) electrons. The Bertz CT molecular complexity index is 370. The van der Waals surface area contributed by atoms with Crippen molar-refractivity contribution in [2.45, 2.75) is 26.2 Å². The summed E-state index contributed by atoms with van der Waals surface area (Å²) in [5.41, 5.74) is 0.981. The van der Waals surface area contributed by atoms with Gasteiger partial charge in [0.05, 0.1) is 0 Å². The van der Waals surface area contributed by atoms with Gasteiger partial charge in [0.1, 0.15) is 5.82 Å². The summed E-state index contributed by atoms with van der Waals surface area (Å²) in [6.45, 7) is 2.63. The van der Waals surface area contributed by atoms with Crippen molar-refractivity contribution >= 4 is 5.91 Å². The second-order valence-electron chi connectivity index (χ2n) is 3.83. The van der Waals surface area contributed by atoms with E-state index in [2.05, 4.69) is 5.32 Å². The Morgan fingerprint density at radius 1 is 1.35 bits per heavy atom. The van der Waals surface area contributed by atoms with Crippen LogP contribution in [0, 0.1) is 5.82 Å². The molecule has 0 fully saturated rings. The maximum atomic E-state index is 12.6. The Hall–Kier alpha value is -1.64. The van der Waals surface area contributed by atoms with Gasteiger partial charge in [-0.1, -0.05) is 24.3 Å². The van der Waals surface area contributed by atoms with Crippen molar-refractivity contribution in [2.75, 3.05) is 6.54 Å². The number of carbonyl (C=O) groups excluding carboxylic acids is 1. The van der Waals surface area contributed by atoms with Gasteiger partial charge in [-0.3, -0.25) is 4.79 Å². The van der Waals surface area contributed by atoms with Gasteiger partial charge in [-0.15, -0.1) is 0 Å². The molecule has 3 heteroatoms. The number of halogens is 1. The molecular weight excluding hydrogens is 217 g/mol. The van der Waals surface area contributed by atoms with Crippen molar-refractivity contribution in [3.63, 3.8) is 0 Å². The molecule has 0 heterocycles. The standard InChI is InChI=1S/C14H18FNO/c1-2-3-4-11-16-14(17)10-7-12-5-8-13(15)9-6-12/h2-3,5-6,8-9H,4,7,10-11H2,1H3,(H,16,17)/b3-2+. The van der Waals surface area contributed by atoms with Gasteiger partial charge in [-0.25, -0.2) is 4.39 Å². The predicted octanol–water partition coefficient (Wildman–Crippen LogP) is 2.84. The lowest BCUT2D eigenvalue weighted by Gasteiger charge is -2.03. The van der Waals surface area contributed by atoms with Gasteiger partial charge in [0.15, 0.2) is 0 Å². The van der Waals surface area contributed by atoms with Crippen molar-refractivity contribution in [2.24, 2.45) is 0 Å². The Kier molecular flexibility index (Phi) is 6.00. The van der Waals surface area contributed by atoms with Crippen molar-refractivity contribution in [3.05, 3.63) is 47.8 Å². The molecule has 1 N–H and O–H groups in total. The van der Waals surface area contributed by atoms with Crippen LogP contribution in [0.5, 0.6) is 0 Å². The molecule has 0 bridgehead atoms. The highest BCUT2D eigenvalue weighted by atomic mass is 19.1. The first-order valence-corrected chi connectivity index (χ1v) is 5.84. The van der Waals surface area contributed by atoms with Crippen LogP contribution in [0.2, 0.25) is 0 Å². The summed E-state index contributed by atoms with van der Waals surface area (Å²) in [5.74, 6) is -0.205. The van der Waals surface area contributed by atoms with E-state index in [9.17, 15) is 9.18 Å². The number of aryl methyl sites for hydroxylation is 1. The Balaban J connectivity index is 2.21. The number of hydrogen-bond acceptors (Lipinski definition) is 1. The van der Waals surface area contributed by atoms with E-state index >= 15 is 0 Å². The minimum atomic E-state index is -0.246. The Morgan fingerprint density at radius 2 is 2.06 bits per heavy atom. The topological polar surface area (TPSA) is 29.1 Å². The molecule has 0 aliphatic heterocycles. The molecule has 0 atom stereocenters. The molecule has 0 saturated heterocycles. The molecule has 1 rings (SSSR count). The highest BCUT2D eigenvalue weighted by Gasteiger charge is 2.01. The van der Waals surface area contributed by atoms with Crippen LogP contribution in [-0.4, -0.2) is 12.5 Å². The number of rotatable bonds is 6. The van der Waals surface area contributed by atoms with E-state index < -0.39 is 0 Å². The van der Waals surface area contributed by atoms with Crippen LogP contribution in [0.4, 0.5) is 4.39 Å². The van der Waals surface area contributed by atoms with Gasteiger partial charge < -0.3 is 5.32 Å². The summed E-state index contributed by atoms with van der Waals surface area (Å²) in [6, 6.07) is 6.25. The average molecular weight is 235 g/mol. The molecule has 92 valence electrons. The normalized spacial score (nSPS) is 10.7. The van der Waals surface area contributed by atoms with Crippen molar-refractivity contribution in [3.8, 4) is 0 Å². The second-order valence-corrected chi connectivity index (χ2v) is 3.83. The maximum Gasteiger partial charge on any atom is 0.220 e. The largest absolute Gasteiger partial charge is 0.356 e. The van der Waals surface area contributed by atoms with E-state index in [1.165, 1.54) is 12.1 Å². The first-order valence-electron chi connectivity index (χ1n) is 5.84. The maximum absolute atomic E-state index is 12.6. The van der Waals surface area contributed by atoms with Gasteiger partial charge in [0, 0.05) is 13.0 Å². The number of nitrogens with one attached hydrogen (secondary N) is 1. The number of amides is 1. The van der Waals surface area contributed by atoms with Gasteiger partial charge >= 0.3 is 0 Å². The molecule has 0 unspecified atom stereocenters. The molecule has 0 aliphatic carbocycles. The molecule has 0 aliphatic rings. The van der Waals surface area contributed by atoms with E-state index in [4.69, 9.17) is 0 Å². The number of carbonyl (C=O) groups is 1. The first kappa shape index (κ1) is 13.4. The summed E-state index contributed by atoms with van der Waals surface area (Å²) in [7, 11) is 0. The van der Waals surface area contributed by atoms with Crippen molar-refractivity contribution < 1.29 is 9.18 Å². The zero-order valence-corrected chi connectivity index (χ0v) is 10.1. The third kappa shape index (κ3) is 5.85. The third-order valence-corrected chi connectivity index (χ3v) is 2.42. The third-order valence-electron chi connectivity index (χ3n) is 2.42. The fourth-order valence-electron chi connectivity index (χ4n) is 1.46. The zero-order valence-electron chi connectivity index (χ0n) is 10.1. The fourth-order valence-corrected chi connectivity index (χ4v) is 1.46. The van der Waals surface area contributed by atoms with Gasteiger partial charge in [0.2, 0.25) is 5.91 Å². The SMILES string of the molecule is C/C=C/CCNC(=O)CCc1ccc(F)cc1. The molecule has 2 nitrogen and oxygen atoms in total. The van der Waals surface area contributed by atoms with Gasteiger partial charge in [0.25, 0.3) is 0 Å². The number of benzene rings is 1. The zero-order chi connectivity index (χ0) is 12.5. The molecule has 1 aromatic rings. The minimum Gasteiger partial charge on any atom is -0.356 e. The monoisotopic (exact) mass is 235 g/mol. The highest BCUT2D eigenvalue weighted by molar-refractivity contribution is 5.76. The van der Waals surface area contributed by atoms with Crippen LogP contribution in [0.1, 0.15) is 25.3 Å². The molecule has 0 aromatic heterocycles. The molecule has 0 saturated carbocycles. The van der Waals surface area contributed by atoms with E-state index in [-0.39, 0.29) is 11.7 Å². The van der Waals surface area contributed by atoms with Crippen LogP contribution in [0.15, 0.2) is 36.4 Å². The van der Waals surface area contributed by atoms with Crippen LogP contribution < -0.4 is 5.32 Å². The van der Waals surface area contributed by atoms with E-state index in [0.29, 0.717) is 19.4 Å². The molecule has 0 spiro atoms. The lowest BCUT2D eigenvalue weighted by Crippen LogP contribution is -2.24. The van der Waals surface area contributed by atoms with Crippen LogP contribution >= 0.6 is 0 Å². The lowest BCUT2D eigenvalue weighted by atomic mass is 10.1. The van der Waals surface area contributed by atoms with Gasteiger partial charge in [-0.05, 0) is 37.5 Å². The summed E-state index contributed by atoms with van der Waals surface area (Å²) >= 11 is 0. The number of hydrogen-bond donors (Lipinski definition) is 1. The van der Waals surface area contributed by atoms with E-state index in [1.54, 1.807) is 12.1 Å². The first-order chi connectivity index (χ1) is 8.22. The summed E-state index contributed by atoms with van der Waals surface area (Å²) < 4.78 is 12.6. The number of allylic oxidation sites excluding steroid dienone is 1. The van der Waals surface area contributed by atoms with Crippen molar-refractivity contribution in [1.29, 1.82) is 0 Å². The van der Waals surface area contributed by atoms with Crippen LogP contribution in [0.25, 0.3) is 0 Å². The molecule has 1 amide bonds. The quantitative estimate of drug-likeness (QED) is 0.596. The molecular formula is C14H18FNO. The predicted molar refractivity (Wildman–Crippen MR) is 67.2 cm³/mol. The Labute approximate surface area is 102 Å². The van der Waals surface area contributed by atoms with E-state index in [1.807, 2.05) is 19.1 Å². The Morgan fingerprint density at radius 3 is 2.71 bits per heavy atom. The lowest BCUT2D eigenvalue weighted by molar-refractivity contribution is -0.121. The van der Waals surface area contributed by atoms with Crippen molar-refractivity contribution in [1.82, 2.24) is 5.32 Å². The summed E-state index contributed by atoms with van der Waals surface area (Å²) in [5, 5.41) is 2.83. The smallest absolute Gasteiger partial charge is 0.220 e. The van der Waals surface area contributed by atoms with Gasteiger partial charge in [-0.2, -0.15) is 0 Å². The summed E-state index contributed by atoms with van der Waals surface area (Å²) in [6.07, 6.45) is 5.93. The van der Waals surface area contributed by atoms with Crippen LogP contribution in [-0.2, 0) is 11.2 Å². The van der Waals surface area contributed by atoms with Crippen LogP contribution in [0.3, 0.4) is 0 Å². The molecule has 1 aromatic carbocycles. The second kappa shape index (κ2) is 7.60. The van der Waals surface area contributed by atoms with E-state index in [0.717, 1.165) is 12.0 Å². The fraction of sp³-hybridized carbons (Fsp3) is 0.357. The average Bonchev–Trinajstić information content (AvgIpc) is 2.34. The highest BCUT2D eigenvalue weighted by Crippen LogP contribution is 2.05.